The average Bonchev–Trinajstić information content (AvgIpc) is 2.38. The fourth-order valence-electron chi connectivity index (χ4n) is 1.94. The van der Waals surface area contributed by atoms with Crippen molar-refractivity contribution in [2.24, 2.45) is 0 Å². The molecule has 0 spiro atoms. The van der Waals surface area contributed by atoms with Crippen LogP contribution in [0.15, 0.2) is 51.8 Å². The molecule has 0 radical (unpaired) electrons. The van der Waals surface area contributed by atoms with E-state index in [1.165, 1.54) is 36.4 Å². The second kappa shape index (κ2) is 6.03. The maximum Gasteiger partial charge on any atom is 0.267 e. The predicted octanol–water partition coefficient (Wildman–Crippen LogP) is 3.51. The molecule has 4 nitrogen and oxygen atoms in total. The molecule has 2 aromatic rings. The first kappa shape index (κ1) is 15.8. The number of rotatable bonds is 4. The largest absolute Gasteiger partial charge is 0.508 e. The van der Waals surface area contributed by atoms with Crippen molar-refractivity contribution in [3.05, 3.63) is 52.8 Å². The van der Waals surface area contributed by atoms with Gasteiger partial charge in [0.05, 0.1) is 5.69 Å². The predicted molar refractivity (Wildman–Crippen MR) is 82.4 cm³/mol. The van der Waals surface area contributed by atoms with Gasteiger partial charge in [0, 0.05) is 17.1 Å². The van der Waals surface area contributed by atoms with Crippen LogP contribution in [0.4, 0.5) is 10.1 Å². The van der Waals surface area contributed by atoms with Gasteiger partial charge in [-0.25, -0.2) is 12.8 Å². The number of halogens is 2. The zero-order valence-corrected chi connectivity index (χ0v) is 13.5. The van der Waals surface area contributed by atoms with Gasteiger partial charge in [-0.05, 0) is 37.3 Å². The van der Waals surface area contributed by atoms with Crippen molar-refractivity contribution in [1.29, 1.82) is 0 Å². The van der Waals surface area contributed by atoms with E-state index in [1.807, 2.05) is 0 Å². The quantitative estimate of drug-likeness (QED) is 0.891. The van der Waals surface area contributed by atoms with E-state index < -0.39 is 20.7 Å². The molecule has 0 unspecified atom stereocenters. The van der Waals surface area contributed by atoms with Gasteiger partial charge in [-0.2, -0.15) is 0 Å². The number of nitrogens with zero attached hydrogens (tertiary/aromatic N) is 1. The SMILES string of the molecule is CCN(c1cccc(O)c1)S(=O)(=O)c1ccc(Br)cc1F. The van der Waals surface area contributed by atoms with Crippen molar-refractivity contribution >= 4 is 31.6 Å². The fraction of sp³-hybridized carbons (Fsp3) is 0.143. The van der Waals surface area contributed by atoms with Gasteiger partial charge < -0.3 is 5.11 Å². The minimum absolute atomic E-state index is 0.0579. The Balaban J connectivity index is 2.54. The number of aromatic hydroxyl groups is 1. The number of phenols is 1. The molecular formula is C14H13BrFNO3S. The molecule has 1 N–H and O–H groups in total. The van der Waals surface area contributed by atoms with Crippen LogP contribution in [-0.2, 0) is 10.0 Å². The summed E-state index contributed by atoms with van der Waals surface area (Å²) in [4.78, 5) is -0.407. The van der Waals surface area contributed by atoms with Crippen LogP contribution in [0.5, 0.6) is 5.75 Å². The van der Waals surface area contributed by atoms with E-state index in [0.717, 1.165) is 10.4 Å². The van der Waals surface area contributed by atoms with Crippen molar-refractivity contribution in [3.63, 3.8) is 0 Å². The zero-order valence-electron chi connectivity index (χ0n) is 11.1. The minimum Gasteiger partial charge on any atom is -0.508 e. The maximum atomic E-state index is 14.0. The molecule has 0 aliphatic heterocycles. The Morgan fingerprint density at radius 1 is 1.24 bits per heavy atom. The summed E-state index contributed by atoms with van der Waals surface area (Å²) in [6.45, 7) is 1.75. The molecule has 0 atom stereocenters. The summed E-state index contributed by atoms with van der Waals surface area (Å²) in [6, 6.07) is 9.59. The van der Waals surface area contributed by atoms with E-state index in [4.69, 9.17) is 0 Å². The van der Waals surface area contributed by atoms with Gasteiger partial charge in [0.1, 0.15) is 16.5 Å². The lowest BCUT2D eigenvalue weighted by atomic mass is 10.3. The smallest absolute Gasteiger partial charge is 0.267 e. The molecule has 0 fully saturated rings. The van der Waals surface area contributed by atoms with Crippen molar-refractivity contribution in [1.82, 2.24) is 0 Å². The van der Waals surface area contributed by atoms with Crippen LogP contribution in [0.3, 0.4) is 0 Å². The van der Waals surface area contributed by atoms with Crippen molar-refractivity contribution in [3.8, 4) is 5.75 Å². The summed E-state index contributed by atoms with van der Waals surface area (Å²) in [5.74, 6) is -0.889. The Labute approximate surface area is 131 Å². The Kier molecular flexibility index (Phi) is 4.53. The van der Waals surface area contributed by atoms with Crippen LogP contribution >= 0.6 is 15.9 Å². The molecule has 7 heteroatoms. The van der Waals surface area contributed by atoms with Gasteiger partial charge in [-0.1, -0.05) is 22.0 Å². The van der Waals surface area contributed by atoms with Crippen molar-refractivity contribution in [2.75, 3.05) is 10.8 Å². The Morgan fingerprint density at radius 3 is 2.52 bits per heavy atom. The van der Waals surface area contributed by atoms with Gasteiger partial charge in [0.15, 0.2) is 0 Å². The van der Waals surface area contributed by atoms with Gasteiger partial charge >= 0.3 is 0 Å². The highest BCUT2D eigenvalue weighted by atomic mass is 79.9. The third-order valence-corrected chi connectivity index (χ3v) is 5.30. The molecule has 2 rings (SSSR count). The van der Waals surface area contributed by atoms with Gasteiger partial charge in [-0.3, -0.25) is 4.31 Å². The van der Waals surface area contributed by atoms with Crippen LogP contribution < -0.4 is 4.31 Å². The van der Waals surface area contributed by atoms with E-state index in [0.29, 0.717) is 4.47 Å². The standard InChI is InChI=1S/C14H13BrFNO3S/c1-2-17(11-4-3-5-12(18)9-11)21(19,20)14-7-6-10(15)8-13(14)16/h3-9,18H,2H2,1H3. The highest BCUT2D eigenvalue weighted by Crippen LogP contribution is 2.28. The number of sulfonamides is 1. The lowest BCUT2D eigenvalue weighted by molar-refractivity contribution is 0.475. The molecule has 0 saturated carbocycles. The minimum atomic E-state index is -4.04. The van der Waals surface area contributed by atoms with Crippen LogP contribution in [0.2, 0.25) is 0 Å². The van der Waals surface area contributed by atoms with Crippen LogP contribution in [0.1, 0.15) is 6.92 Å². The molecule has 0 aromatic heterocycles. The van der Waals surface area contributed by atoms with Gasteiger partial charge in [0.2, 0.25) is 0 Å². The van der Waals surface area contributed by atoms with Crippen LogP contribution in [-0.4, -0.2) is 20.1 Å². The van der Waals surface area contributed by atoms with Gasteiger partial charge in [-0.15, -0.1) is 0 Å². The topological polar surface area (TPSA) is 57.6 Å². The summed E-state index contributed by atoms with van der Waals surface area (Å²) in [6.07, 6.45) is 0. The van der Waals surface area contributed by atoms with Gasteiger partial charge in [0.25, 0.3) is 10.0 Å². The van der Waals surface area contributed by atoms with E-state index in [1.54, 1.807) is 6.92 Å². The number of phenolic OH excluding ortho intramolecular Hbond substituents is 1. The lowest BCUT2D eigenvalue weighted by Crippen LogP contribution is -2.31. The van der Waals surface area contributed by atoms with E-state index in [-0.39, 0.29) is 18.0 Å². The summed E-state index contributed by atoms with van der Waals surface area (Å²) in [7, 11) is -4.04. The third-order valence-electron chi connectivity index (χ3n) is 2.87. The first-order valence-corrected chi connectivity index (χ1v) is 8.36. The molecule has 0 saturated heterocycles. The number of hydrogen-bond acceptors (Lipinski definition) is 3. The highest BCUT2D eigenvalue weighted by Gasteiger charge is 2.27. The molecule has 0 aliphatic carbocycles. The maximum absolute atomic E-state index is 14.0. The molecule has 0 aliphatic rings. The summed E-state index contributed by atoms with van der Waals surface area (Å²) < 4.78 is 40.6. The van der Waals surface area contributed by atoms with Crippen molar-refractivity contribution < 1.29 is 17.9 Å². The first-order valence-electron chi connectivity index (χ1n) is 6.13. The molecule has 112 valence electrons. The second-order valence-electron chi connectivity index (χ2n) is 4.26. The highest BCUT2D eigenvalue weighted by molar-refractivity contribution is 9.10. The van der Waals surface area contributed by atoms with E-state index in [2.05, 4.69) is 15.9 Å². The molecule has 2 aromatic carbocycles. The lowest BCUT2D eigenvalue weighted by Gasteiger charge is -2.23. The fourth-order valence-corrected chi connectivity index (χ4v) is 3.79. The molecule has 21 heavy (non-hydrogen) atoms. The Morgan fingerprint density at radius 2 is 1.95 bits per heavy atom. The summed E-state index contributed by atoms with van der Waals surface area (Å²) in [5, 5.41) is 9.48. The number of hydrogen-bond donors (Lipinski definition) is 1. The third kappa shape index (κ3) is 3.19. The van der Waals surface area contributed by atoms with E-state index in [9.17, 15) is 17.9 Å². The number of benzene rings is 2. The van der Waals surface area contributed by atoms with Crippen LogP contribution in [0.25, 0.3) is 0 Å². The Hall–Kier alpha value is -1.60. The average molecular weight is 374 g/mol. The summed E-state index contributed by atoms with van der Waals surface area (Å²) in [5.41, 5.74) is 0.278. The normalized spacial score (nSPS) is 11.4. The Bertz CT molecular complexity index is 765. The molecule has 0 heterocycles. The molecular weight excluding hydrogens is 361 g/mol. The van der Waals surface area contributed by atoms with E-state index >= 15 is 0 Å². The molecule has 0 amide bonds. The molecule has 0 bridgehead atoms. The zero-order chi connectivity index (χ0) is 15.6. The second-order valence-corrected chi connectivity index (χ2v) is 7.01. The summed E-state index contributed by atoms with van der Waals surface area (Å²) >= 11 is 3.09. The monoisotopic (exact) mass is 373 g/mol. The van der Waals surface area contributed by atoms with Crippen LogP contribution in [0, 0.1) is 5.82 Å². The number of anilines is 1. The van der Waals surface area contributed by atoms with Crippen molar-refractivity contribution in [2.45, 2.75) is 11.8 Å². The first-order chi connectivity index (χ1) is 9.86.